The fourth-order valence-corrected chi connectivity index (χ4v) is 3.09. The van der Waals surface area contributed by atoms with Gasteiger partial charge in [-0.25, -0.2) is 0 Å². The second-order valence-corrected chi connectivity index (χ2v) is 5.48. The molecule has 0 aliphatic heterocycles. The molecule has 0 bridgehead atoms. The average Bonchev–Trinajstić information content (AvgIpc) is 2.49. The van der Waals surface area contributed by atoms with Gasteiger partial charge in [-0.2, -0.15) is 0 Å². The monoisotopic (exact) mass is 274 g/mol. The van der Waals surface area contributed by atoms with Crippen molar-refractivity contribution in [2.24, 2.45) is 0 Å². The van der Waals surface area contributed by atoms with E-state index in [-0.39, 0.29) is 11.5 Å². The molecule has 0 unspecified atom stereocenters. The molecule has 21 heavy (non-hydrogen) atoms. The smallest absolute Gasteiger partial charge is 0.158 e. The zero-order valence-electron chi connectivity index (χ0n) is 11.6. The third kappa shape index (κ3) is 1.66. The number of hydrogen-bond donors (Lipinski definition) is 2. The lowest BCUT2D eigenvalue weighted by atomic mass is 9.93. The van der Waals surface area contributed by atoms with Crippen LogP contribution in [-0.4, -0.2) is 10.2 Å². The van der Waals surface area contributed by atoms with Crippen LogP contribution in [0.2, 0.25) is 0 Å². The predicted octanol–water partition coefficient (Wildman–Crippen LogP) is 4.87. The lowest BCUT2D eigenvalue weighted by molar-refractivity contribution is 0.405. The van der Waals surface area contributed by atoms with Gasteiger partial charge in [0.25, 0.3) is 0 Å². The minimum atomic E-state index is -0.0837. The highest BCUT2D eigenvalue weighted by Crippen LogP contribution is 2.40. The summed E-state index contributed by atoms with van der Waals surface area (Å²) >= 11 is 0. The average molecular weight is 274 g/mol. The van der Waals surface area contributed by atoms with Crippen LogP contribution in [0.1, 0.15) is 5.56 Å². The lowest BCUT2D eigenvalue weighted by Gasteiger charge is -2.12. The summed E-state index contributed by atoms with van der Waals surface area (Å²) in [6, 6.07) is 17.8. The fourth-order valence-electron chi connectivity index (χ4n) is 3.09. The van der Waals surface area contributed by atoms with E-state index in [1.54, 1.807) is 12.1 Å². The maximum absolute atomic E-state index is 9.87. The van der Waals surface area contributed by atoms with E-state index in [2.05, 4.69) is 31.2 Å². The quantitative estimate of drug-likeness (QED) is 0.355. The Kier molecular flexibility index (Phi) is 2.36. The molecular weight excluding hydrogens is 260 g/mol. The summed E-state index contributed by atoms with van der Waals surface area (Å²) in [4.78, 5) is 0. The molecule has 0 aromatic heterocycles. The molecule has 2 nitrogen and oxygen atoms in total. The minimum absolute atomic E-state index is 0.0828. The topological polar surface area (TPSA) is 40.5 Å². The van der Waals surface area contributed by atoms with Gasteiger partial charge < -0.3 is 10.2 Å². The van der Waals surface area contributed by atoms with Gasteiger partial charge in [0, 0.05) is 0 Å². The number of fused-ring (bicyclic) bond motifs is 6. The van der Waals surface area contributed by atoms with E-state index in [0.717, 1.165) is 32.3 Å². The van der Waals surface area contributed by atoms with Crippen LogP contribution in [-0.2, 0) is 0 Å². The van der Waals surface area contributed by atoms with Crippen LogP contribution in [0.3, 0.4) is 0 Å². The maximum atomic E-state index is 9.87. The summed E-state index contributed by atoms with van der Waals surface area (Å²) in [6.07, 6.45) is 0. The molecule has 0 aliphatic carbocycles. The SMILES string of the molecule is Cc1ccc2c3ccccc3c3cc(O)c(O)cc3c2c1. The van der Waals surface area contributed by atoms with Crippen molar-refractivity contribution >= 4 is 32.3 Å². The highest BCUT2D eigenvalue weighted by Gasteiger charge is 2.11. The van der Waals surface area contributed by atoms with Crippen LogP contribution in [0, 0.1) is 6.92 Å². The van der Waals surface area contributed by atoms with E-state index in [0.29, 0.717) is 0 Å². The van der Waals surface area contributed by atoms with Gasteiger partial charge in [-0.05, 0) is 51.4 Å². The van der Waals surface area contributed by atoms with E-state index in [9.17, 15) is 10.2 Å². The number of hydrogen-bond acceptors (Lipinski definition) is 2. The van der Waals surface area contributed by atoms with Crippen molar-refractivity contribution in [3.8, 4) is 11.5 Å². The molecule has 0 atom stereocenters. The van der Waals surface area contributed by atoms with Crippen molar-refractivity contribution in [2.45, 2.75) is 6.92 Å². The lowest BCUT2D eigenvalue weighted by Crippen LogP contribution is -1.84. The van der Waals surface area contributed by atoms with Gasteiger partial charge in [0.15, 0.2) is 11.5 Å². The Morgan fingerprint density at radius 1 is 0.571 bits per heavy atom. The van der Waals surface area contributed by atoms with Gasteiger partial charge in [0.05, 0.1) is 0 Å². The number of phenols is 2. The van der Waals surface area contributed by atoms with Crippen molar-refractivity contribution in [1.82, 2.24) is 0 Å². The molecule has 4 aromatic rings. The van der Waals surface area contributed by atoms with Crippen LogP contribution < -0.4 is 0 Å². The number of aryl methyl sites for hydroxylation is 1. The molecule has 0 spiro atoms. The van der Waals surface area contributed by atoms with Crippen LogP contribution in [0.25, 0.3) is 32.3 Å². The first-order valence-electron chi connectivity index (χ1n) is 6.92. The molecule has 2 N–H and O–H groups in total. The number of phenolic OH excluding ortho intramolecular Hbond substituents is 2. The Labute approximate surface area is 121 Å². The largest absolute Gasteiger partial charge is 0.504 e. The van der Waals surface area contributed by atoms with Crippen LogP contribution in [0.5, 0.6) is 11.5 Å². The van der Waals surface area contributed by atoms with Gasteiger partial charge >= 0.3 is 0 Å². The first-order valence-corrected chi connectivity index (χ1v) is 6.92. The third-order valence-corrected chi connectivity index (χ3v) is 4.09. The Morgan fingerprint density at radius 2 is 1.05 bits per heavy atom. The Balaban J connectivity index is 2.40. The molecular formula is C19H14O2. The van der Waals surface area contributed by atoms with Crippen LogP contribution >= 0.6 is 0 Å². The summed E-state index contributed by atoms with van der Waals surface area (Å²) in [7, 11) is 0. The zero-order chi connectivity index (χ0) is 14.6. The van der Waals surface area contributed by atoms with Gasteiger partial charge in [-0.3, -0.25) is 0 Å². The van der Waals surface area contributed by atoms with Gasteiger partial charge in [0.1, 0.15) is 0 Å². The molecule has 2 heteroatoms. The molecule has 4 rings (SSSR count). The van der Waals surface area contributed by atoms with Crippen LogP contribution in [0.15, 0.2) is 54.6 Å². The summed E-state index contributed by atoms with van der Waals surface area (Å²) in [6.45, 7) is 2.06. The van der Waals surface area contributed by atoms with Gasteiger partial charge in [0.2, 0.25) is 0 Å². The van der Waals surface area contributed by atoms with E-state index in [4.69, 9.17) is 0 Å². The molecule has 0 saturated carbocycles. The summed E-state index contributed by atoms with van der Waals surface area (Å²) in [5, 5.41) is 26.1. The standard InChI is InChI=1S/C19H14O2/c1-11-6-7-14-12-4-2-3-5-13(12)16-9-18(20)19(21)10-17(16)15(14)8-11/h2-10,20-21H,1H3. The number of benzene rings is 4. The molecule has 4 aromatic carbocycles. The first kappa shape index (κ1) is 12.0. The molecule has 0 saturated heterocycles. The van der Waals surface area contributed by atoms with Crippen LogP contribution in [0.4, 0.5) is 0 Å². The molecule has 0 fully saturated rings. The Morgan fingerprint density at radius 3 is 1.71 bits per heavy atom. The fraction of sp³-hybridized carbons (Fsp3) is 0.0526. The minimum Gasteiger partial charge on any atom is -0.504 e. The molecule has 0 amide bonds. The maximum Gasteiger partial charge on any atom is 0.158 e. The zero-order valence-corrected chi connectivity index (χ0v) is 11.6. The first-order chi connectivity index (χ1) is 10.1. The highest BCUT2D eigenvalue weighted by molar-refractivity contribution is 6.25. The Bertz CT molecular complexity index is 996. The van der Waals surface area contributed by atoms with Crippen molar-refractivity contribution in [3.05, 3.63) is 60.2 Å². The highest BCUT2D eigenvalue weighted by atomic mass is 16.3. The normalized spacial score (nSPS) is 11.5. The van der Waals surface area contributed by atoms with E-state index >= 15 is 0 Å². The van der Waals surface area contributed by atoms with E-state index < -0.39 is 0 Å². The second kappa shape index (κ2) is 4.13. The van der Waals surface area contributed by atoms with Gasteiger partial charge in [-0.1, -0.05) is 48.0 Å². The third-order valence-electron chi connectivity index (χ3n) is 4.09. The van der Waals surface area contributed by atoms with Crippen molar-refractivity contribution in [1.29, 1.82) is 0 Å². The van der Waals surface area contributed by atoms with Crippen molar-refractivity contribution < 1.29 is 10.2 Å². The number of aromatic hydroxyl groups is 2. The number of rotatable bonds is 0. The van der Waals surface area contributed by atoms with E-state index in [1.165, 1.54) is 5.56 Å². The van der Waals surface area contributed by atoms with Gasteiger partial charge in [-0.15, -0.1) is 0 Å². The summed E-state index contributed by atoms with van der Waals surface area (Å²) in [5.41, 5.74) is 1.17. The second-order valence-electron chi connectivity index (χ2n) is 5.48. The molecule has 0 radical (unpaired) electrons. The predicted molar refractivity (Wildman–Crippen MR) is 87.0 cm³/mol. The molecule has 0 aliphatic rings. The molecule has 0 heterocycles. The molecule has 102 valence electrons. The Hall–Kier alpha value is -2.74. The van der Waals surface area contributed by atoms with Crippen molar-refractivity contribution in [2.75, 3.05) is 0 Å². The summed E-state index contributed by atoms with van der Waals surface area (Å²) < 4.78 is 0. The van der Waals surface area contributed by atoms with E-state index in [1.807, 2.05) is 18.2 Å². The van der Waals surface area contributed by atoms with Crippen molar-refractivity contribution in [3.63, 3.8) is 0 Å². The summed E-state index contributed by atoms with van der Waals surface area (Å²) in [5.74, 6) is -0.166.